The van der Waals surface area contributed by atoms with E-state index >= 15 is 0 Å². The molecule has 238 valence electrons. The van der Waals surface area contributed by atoms with Crippen LogP contribution in [0.1, 0.15) is 49.7 Å². The third kappa shape index (κ3) is 5.80. The lowest BCUT2D eigenvalue weighted by Gasteiger charge is -2.63. The number of allylic oxidation sites excluding steroid dienone is 3. The topological polar surface area (TPSA) is 88.6 Å². The van der Waals surface area contributed by atoms with Gasteiger partial charge in [-0.25, -0.2) is 14.8 Å². The summed E-state index contributed by atoms with van der Waals surface area (Å²) in [4.78, 5) is 32.4. The van der Waals surface area contributed by atoms with Gasteiger partial charge in [0.15, 0.2) is 0 Å². The average molecular weight is 612 g/mol. The van der Waals surface area contributed by atoms with Gasteiger partial charge in [-0.15, -0.1) is 0 Å². The van der Waals surface area contributed by atoms with Crippen LogP contribution in [0, 0.1) is 0 Å². The Morgan fingerprint density at radius 1 is 1.09 bits per heavy atom. The summed E-state index contributed by atoms with van der Waals surface area (Å²) in [5.41, 5.74) is 2.63. The number of carbonyl (C=O) groups excluding carboxylic acids is 2. The molecule has 2 fully saturated rings. The van der Waals surface area contributed by atoms with Crippen LogP contribution >= 0.6 is 0 Å². The standard InChI is InChI=1S/C36H45N5O4/c1-4-5-14-31-36-21-20-28(13-9-10-15-32(36)42)30(27-11-7-6-8-12-27)23-39(36)24-33-40(31)34(43)25-38(2)41(33)35(44)37-22-26-16-18-29(45-3)19-17-26/h6-13,15-20,30-33,42H,4-5,14,21-25H2,1-3H3,(H,37,44)/b13-9-,15-10-/t30?,31-,32?,33-,36?/m0/s1. The van der Waals surface area contributed by atoms with E-state index in [-0.39, 0.29) is 30.4 Å². The van der Waals surface area contributed by atoms with Crippen LogP contribution < -0.4 is 10.1 Å². The van der Waals surface area contributed by atoms with Gasteiger partial charge >= 0.3 is 6.03 Å². The number of urea groups is 1. The zero-order valence-electron chi connectivity index (χ0n) is 26.5. The van der Waals surface area contributed by atoms with Crippen molar-refractivity contribution in [2.24, 2.45) is 0 Å². The van der Waals surface area contributed by atoms with Gasteiger partial charge < -0.3 is 20.1 Å². The van der Waals surface area contributed by atoms with E-state index in [1.54, 1.807) is 24.2 Å². The number of hydrogen-bond donors (Lipinski definition) is 2. The summed E-state index contributed by atoms with van der Waals surface area (Å²) in [6.45, 7) is 3.68. The Balaban J connectivity index is 1.39. The number of likely N-dealkylation sites (N-methyl/N-ethyl adjacent to an activating group) is 1. The first kappa shape index (κ1) is 31.1. The highest BCUT2D eigenvalue weighted by Gasteiger charge is 2.60. The number of unbranched alkanes of at least 4 members (excludes halogenated alkanes) is 1. The van der Waals surface area contributed by atoms with Gasteiger partial charge in [-0.05, 0) is 41.7 Å². The van der Waals surface area contributed by atoms with Crippen molar-refractivity contribution in [1.82, 2.24) is 25.1 Å². The fourth-order valence-electron chi connectivity index (χ4n) is 7.74. The molecule has 2 saturated heterocycles. The maximum absolute atomic E-state index is 14.0. The number of carbonyl (C=O) groups is 2. The highest BCUT2D eigenvalue weighted by molar-refractivity contribution is 5.83. The van der Waals surface area contributed by atoms with Crippen molar-refractivity contribution >= 4 is 11.9 Å². The zero-order valence-corrected chi connectivity index (χ0v) is 26.5. The molecule has 0 saturated carbocycles. The second-order valence-corrected chi connectivity index (χ2v) is 12.6. The van der Waals surface area contributed by atoms with Crippen LogP contribution in [0.25, 0.3) is 0 Å². The summed E-state index contributed by atoms with van der Waals surface area (Å²) in [6.07, 6.45) is 12.2. The number of amides is 3. The van der Waals surface area contributed by atoms with E-state index in [1.807, 2.05) is 53.5 Å². The zero-order chi connectivity index (χ0) is 31.6. The molecule has 0 aromatic heterocycles. The lowest BCUT2D eigenvalue weighted by molar-refractivity contribution is -0.209. The van der Waals surface area contributed by atoms with E-state index in [0.29, 0.717) is 26.1 Å². The van der Waals surface area contributed by atoms with Crippen molar-refractivity contribution in [3.8, 4) is 5.75 Å². The van der Waals surface area contributed by atoms with E-state index < -0.39 is 17.8 Å². The minimum atomic E-state index is -0.806. The SMILES string of the molecule is CCCC[C@@H]1N2C(=O)CN(C)N(C(=O)NCc3ccc(OC)cc3)[C@H]2CN2CC(c3ccccc3)C3=CCC12C(O)/C=C\C=C/3. The first-order valence-corrected chi connectivity index (χ1v) is 16.1. The number of benzene rings is 2. The summed E-state index contributed by atoms with van der Waals surface area (Å²) < 4.78 is 5.28. The lowest BCUT2D eigenvalue weighted by atomic mass is 9.74. The van der Waals surface area contributed by atoms with E-state index in [9.17, 15) is 14.7 Å². The van der Waals surface area contributed by atoms with Gasteiger partial charge in [0.2, 0.25) is 5.91 Å². The Bertz CT molecular complexity index is 1460. The highest BCUT2D eigenvalue weighted by Crippen LogP contribution is 2.46. The number of hydrogen-bond acceptors (Lipinski definition) is 6. The van der Waals surface area contributed by atoms with Crippen molar-refractivity contribution in [1.29, 1.82) is 0 Å². The molecule has 45 heavy (non-hydrogen) atoms. The molecule has 2 aromatic carbocycles. The van der Waals surface area contributed by atoms with Gasteiger partial charge in [0.25, 0.3) is 0 Å². The number of piperazine rings is 1. The molecule has 2 N–H and O–H groups in total. The smallest absolute Gasteiger partial charge is 0.334 e. The molecule has 1 aliphatic carbocycles. The number of hydrazine groups is 1. The van der Waals surface area contributed by atoms with Crippen LogP contribution in [0.2, 0.25) is 0 Å². The van der Waals surface area contributed by atoms with E-state index in [4.69, 9.17) is 4.74 Å². The number of methoxy groups -OCH3 is 1. The molecule has 9 heteroatoms. The van der Waals surface area contributed by atoms with Crippen molar-refractivity contribution in [3.05, 3.63) is 102 Å². The lowest BCUT2D eigenvalue weighted by Crippen LogP contribution is -2.82. The maximum atomic E-state index is 14.0. The molecule has 4 aliphatic rings. The van der Waals surface area contributed by atoms with Gasteiger partial charge in [-0.1, -0.05) is 92.6 Å². The molecule has 1 spiro atoms. The fourth-order valence-corrected chi connectivity index (χ4v) is 7.74. The van der Waals surface area contributed by atoms with Crippen LogP contribution in [0.3, 0.4) is 0 Å². The minimum Gasteiger partial charge on any atom is -0.497 e. The van der Waals surface area contributed by atoms with Gasteiger partial charge in [0.1, 0.15) is 11.9 Å². The number of fused-ring (bicyclic) bond motifs is 2. The molecule has 6 rings (SSSR count). The average Bonchev–Trinajstić information content (AvgIpc) is 3.16. The monoisotopic (exact) mass is 611 g/mol. The molecule has 9 nitrogen and oxygen atoms in total. The van der Waals surface area contributed by atoms with Gasteiger partial charge in [-0.3, -0.25) is 9.69 Å². The number of aliphatic hydroxyl groups excluding tert-OH is 1. The van der Waals surface area contributed by atoms with E-state index in [1.165, 1.54) is 11.1 Å². The van der Waals surface area contributed by atoms with Crippen LogP contribution in [-0.2, 0) is 11.3 Å². The second-order valence-electron chi connectivity index (χ2n) is 12.6. The maximum Gasteiger partial charge on any atom is 0.334 e. The fraction of sp³-hybridized carbons (Fsp3) is 0.444. The minimum absolute atomic E-state index is 0.0148. The summed E-state index contributed by atoms with van der Waals surface area (Å²) in [6, 6.07) is 17.6. The highest BCUT2D eigenvalue weighted by atomic mass is 16.5. The quantitative estimate of drug-likeness (QED) is 0.482. The molecule has 2 bridgehead atoms. The summed E-state index contributed by atoms with van der Waals surface area (Å²) >= 11 is 0. The first-order chi connectivity index (χ1) is 21.9. The number of nitrogens with zero attached hydrogens (tertiary/aromatic N) is 4. The number of aliphatic hydroxyl groups is 1. The molecule has 3 unspecified atom stereocenters. The van der Waals surface area contributed by atoms with Crippen LogP contribution in [-0.4, -0.2) is 94.5 Å². The summed E-state index contributed by atoms with van der Waals surface area (Å²) in [5, 5.41) is 18.6. The summed E-state index contributed by atoms with van der Waals surface area (Å²) in [7, 11) is 3.44. The summed E-state index contributed by atoms with van der Waals surface area (Å²) in [5.74, 6) is 0.824. The molecular weight excluding hydrogens is 566 g/mol. The molecular formula is C36H45N5O4. The molecule has 3 amide bonds. The molecule has 0 radical (unpaired) electrons. The number of ether oxygens (including phenoxy) is 1. The normalized spacial score (nSPS) is 29.8. The molecule has 2 aromatic rings. The van der Waals surface area contributed by atoms with Gasteiger partial charge in [0, 0.05) is 32.6 Å². The Hall–Kier alpha value is -3.92. The van der Waals surface area contributed by atoms with Crippen LogP contribution in [0.4, 0.5) is 4.79 Å². The molecule has 3 aliphatic heterocycles. The van der Waals surface area contributed by atoms with Crippen molar-refractivity contribution in [3.63, 3.8) is 0 Å². The van der Waals surface area contributed by atoms with Gasteiger partial charge in [-0.2, -0.15) is 0 Å². The van der Waals surface area contributed by atoms with Crippen LogP contribution in [0.5, 0.6) is 5.75 Å². The van der Waals surface area contributed by atoms with Crippen LogP contribution in [0.15, 0.2) is 90.6 Å². The molecule has 3 heterocycles. The van der Waals surface area contributed by atoms with Gasteiger partial charge in [0.05, 0.1) is 31.3 Å². The Kier molecular flexibility index (Phi) is 9.12. The van der Waals surface area contributed by atoms with Crippen molar-refractivity contribution < 1.29 is 19.4 Å². The predicted octanol–water partition coefficient (Wildman–Crippen LogP) is 4.44. The third-order valence-electron chi connectivity index (χ3n) is 10.0. The first-order valence-electron chi connectivity index (χ1n) is 16.1. The van der Waals surface area contributed by atoms with Crippen molar-refractivity contribution in [2.45, 2.75) is 68.9 Å². The Labute approximate surface area is 266 Å². The number of nitrogens with one attached hydrogen (secondary N) is 1. The third-order valence-corrected chi connectivity index (χ3v) is 10.0. The second kappa shape index (κ2) is 13.2. The number of rotatable bonds is 7. The Morgan fingerprint density at radius 2 is 1.87 bits per heavy atom. The Morgan fingerprint density at radius 3 is 2.60 bits per heavy atom. The predicted molar refractivity (Wildman–Crippen MR) is 174 cm³/mol. The van der Waals surface area contributed by atoms with E-state index in [0.717, 1.165) is 30.6 Å². The van der Waals surface area contributed by atoms with E-state index in [2.05, 4.69) is 53.6 Å². The molecule has 5 atom stereocenters. The van der Waals surface area contributed by atoms with Crippen molar-refractivity contribution in [2.75, 3.05) is 33.8 Å². The largest absolute Gasteiger partial charge is 0.497 e.